The Balaban J connectivity index is 2.38. The zero-order chi connectivity index (χ0) is 10.3. The summed E-state index contributed by atoms with van der Waals surface area (Å²) in [6.07, 6.45) is 0. The Morgan fingerprint density at radius 2 is 1.79 bits per heavy atom. The number of fused-ring (bicyclic) bond motifs is 1. The third-order valence-electron chi connectivity index (χ3n) is 2.25. The maximum absolute atomic E-state index is 5.51. The van der Waals surface area contributed by atoms with Gasteiger partial charge in [-0.3, -0.25) is 0 Å². The van der Waals surface area contributed by atoms with Gasteiger partial charge in [0, 0.05) is 0 Å². The van der Waals surface area contributed by atoms with Crippen LogP contribution in [0.15, 0.2) is 18.2 Å². The van der Waals surface area contributed by atoms with Crippen molar-refractivity contribution in [2.24, 2.45) is 0 Å². The van der Waals surface area contributed by atoms with E-state index in [0.29, 0.717) is 0 Å². The highest BCUT2D eigenvalue weighted by molar-refractivity contribution is 14.1. The third-order valence-corrected chi connectivity index (χ3v) is 2.76. The summed E-state index contributed by atoms with van der Waals surface area (Å²) in [4.78, 5) is -0.183. The Morgan fingerprint density at radius 3 is 2.43 bits per heavy atom. The van der Waals surface area contributed by atoms with Gasteiger partial charge >= 0.3 is 4.97 Å². The fourth-order valence-electron chi connectivity index (χ4n) is 1.39. The van der Waals surface area contributed by atoms with Crippen LogP contribution in [0.5, 0.6) is 11.5 Å². The molecule has 1 aliphatic rings. The maximum atomic E-state index is 5.51. The van der Waals surface area contributed by atoms with E-state index in [1.807, 2.05) is 6.07 Å². The van der Waals surface area contributed by atoms with E-state index in [0.717, 1.165) is 11.5 Å². The molecule has 0 aromatic heterocycles. The van der Waals surface area contributed by atoms with Gasteiger partial charge in [0.2, 0.25) is 0 Å². The molecule has 2 rings (SSSR count). The van der Waals surface area contributed by atoms with Crippen molar-refractivity contribution in [3.63, 3.8) is 0 Å². The van der Waals surface area contributed by atoms with E-state index in [1.54, 1.807) is 0 Å². The molecular formula is C10H12BIO2. The molecule has 0 radical (unpaired) electrons. The standard InChI is InChI=1S/C10H12BIO2/c1-10(2,3)7-4-5-8-9(6-7)14-11(12)13-8/h4-6H,1-3H3. The first-order chi connectivity index (χ1) is 6.47. The lowest BCUT2D eigenvalue weighted by Gasteiger charge is -2.19. The molecule has 14 heavy (non-hydrogen) atoms. The molecular weight excluding hydrogens is 290 g/mol. The van der Waals surface area contributed by atoms with Crippen molar-refractivity contribution in [1.29, 1.82) is 0 Å². The van der Waals surface area contributed by atoms with Crippen LogP contribution in [0.25, 0.3) is 0 Å². The average Bonchev–Trinajstić information content (AvgIpc) is 2.41. The van der Waals surface area contributed by atoms with E-state index in [1.165, 1.54) is 5.56 Å². The average molecular weight is 302 g/mol. The van der Waals surface area contributed by atoms with Gasteiger partial charge in [-0.1, -0.05) is 26.8 Å². The van der Waals surface area contributed by atoms with Gasteiger partial charge in [0.1, 0.15) is 11.5 Å². The van der Waals surface area contributed by atoms with Crippen molar-refractivity contribution >= 4 is 27.3 Å². The van der Waals surface area contributed by atoms with Crippen LogP contribution in [0, 0.1) is 0 Å². The molecule has 4 heteroatoms. The smallest absolute Gasteiger partial charge is 0.515 e. The fourth-order valence-corrected chi connectivity index (χ4v) is 1.94. The molecule has 0 amide bonds. The second-order valence-corrected chi connectivity index (χ2v) is 5.44. The summed E-state index contributed by atoms with van der Waals surface area (Å²) < 4.78 is 10.9. The topological polar surface area (TPSA) is 18.5 Å². The van der Waals surface area contributed by atoms with Crippen molar-refractivity contribution in [3.8, 4) is 11.5 Å². The molecule has 0 fully saturated rings. The van der Waals surface area contributed by atoms with E-state index in [-0.39, 0.29) is 10.4 Å². The summed E-state index contributed by atoms with van der Waals surface area (Å²) in [5.41, 5.74) is 1.42. The van der Waals surface area contributed by atoms with E-state index < -0.39 is 0 Å². The molecule has 0 saturated carbocycles. The Morgan fingerprint density at radius 1 is 1.14 bits per heavy atom. The molecule has 0 saturated heterocycles. The van der Waals surface area contributed by atoms with Crippen LogP contribution in [-0.4, -0.2) is 4.97 Å². The monoisotopic (exact) mass is 302 g/mol. The minimum atomic E-state index is -0.183. The van der Waals surface area contributed by atoms with Crippen LogP contribution >= 0.6 is 22.4 Å². The Hall–Kier alpha value is -0.385. The molecule has 0 unspecified atom stereocenters. The number of rotatable bonds is 0. The molecule has 0 bridgehead atoms. The first-order valence-corrected chi connectivity index (χ1v) is 5.83. The van der Waals surface area contributed by atoms with Crippen molar-refractivity contribution in [2.75, 3.05) is 0 Å². The lowest BCUT2D eigenvalue weighted by atomic mass is 9.87. The molecule has 0 atom stereocenters. The number of hydrogen-bond donors (Lipinski definition) is 0. The zero-order valence-corrected chi connectivity index (χ0v) is 10.7. The summed E-state index contributed by atoms with van der Waals surface area (Å²) in [7, 11) is 0. The molecule has 0 spiro atoms. The van der Waals surface area contributed by atoms with Crippen molar-refractivity contribution in [2.45, 2.75) is 26.2 Å². The van der Waals surface area contributed by atoms with Crippen molar-refractivity contribution in [1.82, 2.24) is 0 Å². The predicted octanol–water partition coefficient (Wildman–Crippen LogP) is 3.18. The summed E-state index contributed by atoms with van der Waals surface area (Å²) in [5.74, 6) is 1.70. The van der Waals surface area contributed by atoms with Crippen molar-refractivity contribution < 1.29 is 9.31 Å². The minimum absolute atomic E-state index is 0.155. The Labute approximate surface area is 98.0 Å². The van der Waals surface area contributed by atoms with Crippen LogP contribution in [-0.2, 0) is 5.41 Å². The van der Waals surface area contributed by atoms with E-state index >= 15 is 0 Å². The second-order valence-electron chi connectivity index (χ2n) is 4.42. The predicted molar refractivity (Wildman–Crippen MR) is 66.2 cm³/mol. The van der Waals surface area contributed by atoms with Gasteiger partial charge in [-0.15, -0.1) is 0 Å². The largest absolute Gasteiger partial charge is 0.669 e. The third kappa shape index (κ3) is 1.85. The normalized spacial score (nSPS) is 14.7. The van der Waals surface area contributed by atoms with Gasteiger partial charge in [0.05, 0.1) is 0 Å². The Kier molecular flexibility index (Phi) is 2.41. The molecule has 0 N–H and O–H groups in total. The van der Waals surface area contributed by atoms with E-state index in [9.17, 15) is 0 Å². The van der Waals surface area contributed by atoms with Crippen molar-refractivity contribution in [3.05, 3.63) is 23.8 Å². The molecule has 1 aromatic carbocycles. The molecule has 2 nitrogen and oxygen atoms in total. The fraction of sp³-hybridized carbons (Fsp3) is 0.400. The van der Waals surface area contributed by atoms with Gasteiger partial charge in [-0.25, -0.2) is 0 Å². The first-order valence-electron chi connectivity index (χ1n) is 4.59. The molecule has 74 valence electrons. The quantitative estimate of drug-likeness (QED) is 0.541. The highest BCUT2D eigenvalue weighted by Gasteiger charge is 2.29. The zero-order valence-electron chi connectivity index (χ0n) is 8.50. The lowest BCUT2D eigenvalue weighted by molar-refractivity contribution is 0.535. The van der Waals surface area contributed by atoms with Crippen LogP contribution < -0.4 is 9.31 Å². The summed E-state index contributed by atoms with van der Waals surface area (Å²) in [6, 6.07) is 6.14. The summed E-state index contributed by atoms with van der Waals surface area (Å²) in [6.45, 7) is 6.56. The summed E-state index contributed by atoms with van der Waals surface area (Å²) in [5, 5.41) is 0. The molecule has 1 aromatic rings. The van der Waals surface area contributed by atoms with Gasteiger partial charge in [0.15, 0.2) is 0 Å². The minimum Gasteiger partial charge on any atom is -0.515 e. The van der Waals surface area contributed by atoms with Crippen LogP contribution in [0.3, 0.4) is 0 Å². The highest BCUT2D eigenvalue weighted by Crippen LogP contribution is 2.38. The molecule has 1 aliphatic heterocycles. The van der Waals surface area contributed by atoms with E-state index in [4.69, 9.17) is 9.31 Å². The van der Waals surface area contributed by atoms with Crippen LogP contribution in [0.2, 0.25) is 0 Å². The lowest BCUT2D eigenvalue weighted by Crippen LogP contribution is -2.14. The maximum Gasteiger partial charge on any atom is 0.669 e. The van der Waals surface area contributed by atoms with Gasteiger partial charge in [0.25, 0.3) is 0 Å². The Bertz CT molecular complexity index is 360. The highest BCUT2D eigenvalue weighted by atomic mass is 127. The van der Waals surface area contributed by atoms with Crippen LogP contribution in [0.1, 0.15) is 26.3 Å². The van der Waals surface area contributed by atoms with Gasteiger partial charge < -0.3 is 9.31 Å². The molecule has 1 heterocycles. The molecule has 0 aliphatic carbocycles. The number of hydrogen-bond acceptors (Lipinski definition) is 2. The number of benzene rings is 1. The van der Waals surface area contributed by atoms with Gasteiger partial charge in [-0.05, 0) is 45.5 Å². The number of halogens is 1. The van der Waals surface area contributed by atoms with Gasteiger partial charge in [-0.2, -0.15) is 0 Å². The SMILES string of the molecule is CC(C)(C)c1ccc2c(c1)OB(I)O2. The van der Waals surface area contributed by atoms with E-state index in [2.05, 4.69) is 55.3 Å². The second kappa shape index (κ2) is 3.33. The van der Waals surface area contributed by atoms with Crippen LogP contribution in [0.4, 0.5) is 0 Å². The summed E-state index contributed by atoms with van der Waals surface area (Å²) >= 11 is 2.12. The first kappa shape index (κ1) is 10.1.